The van der Waals surface area contributed by atoms with E-state index in [4.69, 9.17) is 4.74 Å². The van der Waals surface area contributed by atoms with Crippen LogP contribution in [-0.4, -0.2) is 70.0 Å². The molecule has 8 heteroatoms. The fourth-order valence-electron chi connectivity index (χ4n) is 4.88. The lowest BCUT2D eigenvalue weighted by atomic mass is 10.0. The van der Waals surface area contributed by atoms with Gasteiger partial charge in [0.05, 0.1) is 23.4 Å². The van der Waals surface area contributed by atoms with E-state index in [1.807, 2.05) is 39.8 Å². The first-order valence-corrected chi connectivity index (χ1v) is 12.7. The molecule has 3 aliphatic heterocycles. The Morgan fingerprint density at radius 3 is 2.49 bits per heavy atom. The van der Waals surface area contributed by atoms with Crippen LogP contribution in [0.4, 0.5) is 0 Å². The first kappa shape index (κ1) is 24.9. The number of methoxy groups -OCH3 is 1. The zero-order valence-electron chi connectivity index (χ0n) is 21.7. The molecule has 0 aromatic heterocycles. The molecular formula is C29H33N5O3. The second kappa shape index (κ2) is 10.7. The van der Waals surface area contributed by atoms with Gasteiger partial charge in [0.1, 0.15) is 5.69 Å². The fourth-order valence-corrected chi connectivity index (χ4v) is 4.88. The number of nitrogens with zero attached hydrogens (tertiary/aromatic N) is 5. The zero-order valence-corrected chi connectivity index (χ0v) is 21.7. The fraction of sp³-hybridized carbons (Fsp3) is 0.345. The summed E-state index contributed by atoms with van der Waals surface area (Å²) in [7, 11) is 1.63. The van der Waals surface area contributed by atoms with Crippen molar-refractivity contribution in [3.63, 3.8) is 0 Å². The van der Waals surface area contributed by atoms with E-state index in [1.54, 1.807) is 19.5 Å². The maximum Gasteiger partial charge on any atom is 0.282 e. The molecule has 192 valence electrons. The molecule has 1 fully saturated rings. The molecule has 1 saturated heterocycles. The summed E-state index contributed by atoms with van der Waals surface area (Å²) in [6, 6.07) is 15.9. The van der Waals surface area contributed by atoms with E-state index in [9.17, 15) is 9.59 Å². The number of piperazine rings is 1. The van der Waals surface area contributed by atoms with Gasteiger partial charge in [-0.3, -0.25) is 14.5 Å². The van der Waals surface area contributed by atoms with Gasteiger partial charge in [-0.1, -0.05) is 42.0 Å². The lowest BCUT2D eigenvalue weighted by Gasteiger charge is -2.35. The second-order valence-corrected chi connectivity index (χ2v) is 9.72. The van der Waals surface area contributed by atoms with Crippen LogP contribution in [-0.2, 0) is 17.8 Å². The quantitative estimate of drug-likeness (QED) is 0.390. The molecule has 2 aromatic rings. The SMILES string of the molecule is COCCn1cc(C(=O)N2CCN(Cc3cc(C)ccc3C)CC2)c2nn(-c3ccccc3)c(=O)c-2c1. The first-order chi connectivity index (χ1) is 17.9. The van der Waals surface area contributed by atoms with Crippen LogP contribution in [0.5, 0.6) is 0 Å². The van der Waals surface area contributed by atoms with Crippen molar-refractivity contribution in [3.05, 3.63) is 93.5 Å². The van der Waals surface area contributed by atoms with Crippen molar-refractivity contribution in [2.75, 3.05) is 39.9 Å². The minimum absolute atomic E-state index is 0.0964. The molecule has 5 rings (SSSR count). The summed E-state index contributed by atoms with van der Waals surface area (Å²) in [4.78, 5) is 31.3. The predicted molar refractivity (Wildman–Crippen MR) is 143 cm³/mol. The Hall–Kier alpha value is -3.75. The molecule has 3 aliphatic rings. The largest absolute Gasteiger partial charge is 0.383 e. The number of fused-ring (bicyclic) bond motifs is 1. The van der Waals surface area contributed by atoms with Crippen LogP contribution in [0.15, 0.2) is 65.7 Å². The number of ether oxygens (including phenoxy) is 1. The number of carbonyl (C=O) groups is 1. The van der Waals surface area contributed by atoms with Crippen molar-refractivity contribution in [3.8, 4) is 16.9 Å². The Balaban J connectivity index is 1.40. The van der Waals surface area contributed by atoms with E-state index in [0.29, 0.717) is 48.7 Å². The van der Waals surface area contributed by atoms with Gasteiger partial charge in [0.15, 0.2) is 0 Å². The van der Waals surface area contributed by atoms with E-state index >= 15 is 0 Å². The highest BCUT2D eigenvalue weighted by Gasteiger charge is 2.29. The molecule has 0 saturated carbocycles. The van der Waals surface area contributed by atoms with Gasteiger partial charge in [-0.05, 0) is 37.1 Å². The molecule has 3 heterocycles. The Morgan fingerprint density at radius 2 is 1.76 bits per heavy atom. The minimum atomic E-state index is -0.236. The van der Waals surface area contributed by atoms with Crippen LogP contribution in [0.1, 0.15) is 27.0 Å². The van der Waals surface area contributed by atoms with E-state index in [0.717, 1.165) is 19.6 Å². The summed E-state index contributed by atoms with van der Waals surface area (Å²) in [5.74, 6) is -0.0964. The lowest BCUT2D eigenvalue weighted by Crippen LogP contribution is -2.48. The summed E-state index contributed by atoms with van der Waals surface area (Å²) < 4.78 is 8.47. The van der Waals surface area contributed by atoms with Crippen LogP contribution >= 0.6 is 0 Å². The molecule has 0 bridgehead atoms. The maximum atomic E-state index is 13.8. The van der Waals surface area contributed by atoms with Gasteiger partial charge in [0.25, 0.3) is 11.5 Å². The monoisotopic (exact) mass is 499 g/mol. The van der Waals surface area contributed by atoms with E-state index in [1.165, 1.54) is 21.4 Å². The molecule has 37 heavy (non-hydrogen) atoms. The Labute approximate surface area is 217 Å². The highest BCUT2D eigenvalue weighted by Crippen LogP contribution is 2.24. The van der Waals surface area contributed by atoms with Gasteiger partial charge < -0.3 is 14.2 Å². The average Bonchev–Trinajstić information content (AvgIpc) is 3.26. The van der Waals surface area contributed by atoms with Gasteiger partial charge >= 0.3 is 0 Å². The molecule has 8 nitrogen and oxygen atoms in total. The van der Waals surface area contributed by atoms with E-state index in [-0.39, 0.29) is 11.5 Å². The standard InChI is InChI=1S/C29H33N5O3/c1-21-9-10-22(2)23(17-21)18-31-11-13-33(14-12-31)28(35)25-19-32(15-16-37-3)20-26-27(25)30-34(29(26)36)24-7-5-4-6-8-24/h4-10,17,19-20H,11-16,18H2,1-3H3. The highest BCUT2D eigenvalue weighted by atomic mass is 16.5. The summed E-state index contributed by atoms with van der Waals surface area (Å²) in [5.41, 5.74) is 5.63. The third kappa shape index (κ3) is 5.21. The van der Waals surface area contributed by atoms with Gasteiger partial charge in [-0.15, -0.1) is 0 Å². The molecule has 0 atom stereocenters. The zero-order chi connectivity index (χ0) is 25.9. The van der Waals surface area contributed by atoms with Gasteiger partial charge in [0.2, 0.25) is 0 Å². The van der Waals surface area contributed by atoms with Crippen LogP contribution in [0.25, 0.3) is 16.9 Å². The van der Waals surface area contributed by atoms with Crippen LogP contribution in [0.3, 0.4) is 0 Å². The molecule has 0 radical (unpaired) electrons. The number of para-hydroxylation sites is 1. The third-order valence-electron chi connectivity index (χ3n) is 7.07. The Kier molecular flexibility index (Phi) is 7.21. The van der Waals surface area contributed by atoms with Crippen LogP contribution in [0, 0.1) is 13.8 Å². The number of pyridine rings is 1. The number of hydrogen-bond donors (Lipinski definition) is 0. The molecule has 0 aliphatic carbocycles. The van der Waals surface area contributed by atoms with Gasteiger partial charge in [-0.25, -0.2) is 0 Å². The molecular weight excluding hydrogens is 466 g/mol. The first-order valence-electron chi connectivity index (χ1n) is 12.7. The van der Waals surface area contributed by atoms with Gasteiger partial charge in [-0.2, -0.15) is 9.78 Å². The highest BCUT2D eigenvalue weighted by molar-refractivity contribution is 6.00. The van der Waals surface area contributed by atoms with E-state index < -0.39 is 0 Å². The van der Waals surface area contributed by atoms with Crippen molar-refractivity contribution < 1.29 is 9.53 Å². The minimum Gasteiger partial charge on any atom is -0.383 e. The van der Waals surface area contributed by atoms with Crippen molar-refractivity contribution in [2.24, 2.45) is 0 Å². The third-order valence-corrected chi connectivity index (χ3v) is 7.07. The smallest absolute Gasteiger partial charge is 0.282 e. The lowest BCUT2D eigenvalue weighted by molar-refractivity contribution is 0.0627. The maximum absolute atomic E-state index is 13.8. The molecule has 2 aromatic carbocycles. The van der Waals surface area contributed by atoms with E-state index in [2.05, 4.69) is 42.0 Å². The normalized spacial score (nSPS) is 14.4. The molecule has 1 amide bonds. The number of benzene rings is 2. The molecule has 0 unspecified atom stereocenters. The number of hydrogen-bond acceptors (Lipinski definition) is 5. The van der Waals surface area contributed by atoms with Crippen molar-refractivity contribution in [2.45, 2.75) is 26.9 Å². The van der Waals surface area contributed by atoms with Crippen molar-refractivity contribution in [1.82, 2.24) is 24.1 Å². The topological polar surface area (TPSA) is 72.6 Å². The average molecular weight is 500 g/mol. The van der Waals surface area contributed by atoms with Crippen LogP contribution in [0.2, 0.25) is 0 Å². The summed E-state index contributed by atoms with van der Waals surface area (Å²) in [6.07, 6.45) is 3.57. The summed E-state index contributed by atoms with van der Waals surface area (Å²) >= 11 is 0. The Bertz CT molecular complexity index is 1420. The van der Waals surface area contributed by atoms with Crippen molar-refractivity contribution >= 4 is 5.91 Å². The number of rotatable bonds is 7. The van der Waals surface area contributed by atoms with Gasteiger partial charge in [0, 0.05) is 58.8 Å². The molecule has 0 N–H and O–H groups in total. The number of amides is 1. The summed E-state index contributed by atoms with van der Waals surface area (Å²) in [5, 5.41) is 4.61. The van der Waals surface area contributed by atoms with Crippen LogP contribution < -0.4 is 5.56 Å². The Morgan fingerprint density at radius 1 is 1.00 bits per heavy atom. The second-order valence-electron chi connectivity index (χ2n) is 9.72. The summed E-state index contributed by atoms with van der Waals surface area (Å²) in [6.45, 7) is 8.99. The number of aromatic nitrogens is 3. The van der Waals surface area contributed by atoms with Crippen molar-refractivity contribution in [1.29, 1.82) is 0 Å². The predicted octanol–water partition coefficient (Wildman–Crippen LogP) is 3.36. The molecule has 0 spiro atoms. The number of carbonyl (C=O) groups excluding carboxylic acids is 1. The number of aryl methyl sites for hydroxylation is 2.